The summed E-state index contributed by atoms with van der Waals surface area (Å²) in [5, 5.41) is 10.9. The molecular weight excluding hydrogens is 272 g/mol. The second-order valence-corrected chi connectivity index (χ2v) is 9.29. The van der Waals surface area contributed by atoms with Crippen molar-refractivity contribution in [1.82, 2.24) is 0 Å². The number of hydrogen-bond donors (Lipinski definition) is 1. The highest BCUT2D eigenvalue weighted by molar-refractivity contribution is 5.91. The molecule has 0 bridgehead atoms. The maximum atomic E-state index is 11.8. The molecule has 0 radical (unpaired) electrons. The smallest absolute Gasteiger partial charge is 0.155 e. The van der Waals surface area contributed by atoms with Crippen molar-refractivity contribution < 1.29 is 9.90 Å². The van der Waals surface area contributed by atoms with Gasteiger partial charge in [0.2, 0.25) is 0 Å². The van der Waals surface area contributed by atoms with E-state index in [1.807, 2.05) is 6.08 Å². The lowest BCUT2D eigenvalue weighted by Gasteiger charge is -2.59. The fourth-order valence-electron chi connectivity index (χ4n) is 6.88. The van der Waals surface area contributed by atoms with E-state index in [4.69, 9.17) is 0 Å². The molecule has 0 amide bonds. The molecule has 0 unspecified atom stereocenters. The van der Waals surface area contributed by atoms with Crippen molar-refractivity contribution in [3.05, 3.63) is 12.2 Å². The van der Waals surface area contributed by atoms with Crippen LogP contribution in [0, 0.1) is 34.5 Å². The number of allylic oxidation sites excluding steroid dienone is 2. The Morgan fingerprint density at radius 2 is 1.77 bits per heavy atom. The number of ketones is 1. The zero-order valence-electron chi connectivity index (χ0n) is 14.3. The standard InChI is InChI=1S/C20H30O2/c1-18-9-6-14(21)12-13(18)4-5-15-16(18)7-10-19(2)17(15)8-11-20(19,3)22/h6,9,13,15-17,22H,4-5,7-8,10-12H2,1-3H3/t13-,15+,16-,17-,18-,19-,20-/m0/s1. The van der Waals surface area contributed by atoms with E-state index >= 15 is 0 Å². The van der Waals surface area contributed by atoms with Gasteiger partial charge in [0, 0.05) is 6.42 Å². The van der Waals surface area contributed by atoms with Crippen LogP contribution in [0.2, 0.25) is 0 Å². The van der Waals surface area contributed by atoms with Gasteiger partial charge in [-0.05, 0) is 86.0 Å². The summed E-state index contributed by atoms with van der Waals surface area (Å²) in [6.45, 7) is 6.82. The number of fused-ring (bicyclic) bond motifs is 5. The minimum atomic E-state index is -0.487. The Morgan fingerprint density at radius 1 is 1.05 bits per heavy atom. The van der Waals surface area contributed by atoms with Crippen LogP contribution in [0.1, 0.15) is 65.7 Å². The van der Waals surface area contributed by atoms with Crippen LogP contribution in [0.15, 0.2) is 12.2 Å². The Hall–Kier alpha value is -0.630. The zero-order valence-corrected chi connectivity index (χ0v) is 14.3. The molecular formula is C20H30O2. The molecule has 0 aromatic heterocycles. The molecule has 2 heteroatoms. The van der Waals surface area contributed by atoms with Crippen molar-refractivity contribution in [3.63, 3.8) is 0 Å². The van der Waals surface area contributed by atoms with Crippen LogP contribution in [-0.2, 0) is 4.79 Å². The maximum Gasteiger partial charge on any atom is 0.155 e. The predicted octanol–water partition coefficient (Wildman–Crippen LogP) is 4.13. The Labute approximate surface area is 134 Å². The lowest BCUT2D eigenvalue weighted by Crippen LogP contribution is -2.55. The molecule has 0 spiro atoms. The summed E-state index contributed by atoms with van der Waals surface area (Å²) in [4.78, 5) is 11.8. The van der Waals surface area contributed by atoms with Gasteiger partial charge in [-0.25, -0.2) is 0 Å². The molecule has 4 aliphatic rings. The van der Waals surface area contributed by atoms with Gasteiger partial charge in [0.05, 0.1) is 5.60 Å². The van der Waals surface area contributed by atoms with Crippen LogP contribution in [0.5, 0.6) is 0 Å². The molecule has 3 fully saturated rings. The molecule has 3 saturated carbocycles. The van der Waals surface area contributed by atoms with Gasteiger partial charge >= 0.3 is 0 Å². The normalized spacial score (nSPS) is 57.2. The molecule has 22 heavy (non-hydrogen) atoms. The lowest BCUT2D eigenvalue weighted by molar-refractivity contribution is -0.135. The third kappa shape index (κ3) is 1.74. The van der Waals surface area contributed by atoms with E-state index in [1.165, 1.54) is 25.7 Å². The van der Waals surface area contributed by atoms with Gasteiger partial charge in [-0.2, -0.15) is 0 Å². The zero-order chi connectivity index (χ0) is 15.8. The van der Waals surface area contributed by atoms with Crippen molar-refractivity contribution in [2.24, 2.45) is 34.5 Å². The highest BCUT2D eigenvalue weighted by Gasteiger charge is 2.62. The summed E-state index contributed by atoms with van der Waals surface area (Å²) >= 11 is 0. The quantitative estimate of drug-likeness (QED) is 0.730. The molecule has 0 aromatic rings. The lowest BCUT2D eigenvalue weighted by atomic mass is 9.45. The third-order valence-corrected chi connectivity index (χ3v) is 8.60. The SMILES string of the molecule is C[C@]12C=CC(=O)C[C@@H]1CC[C@@H]1[C@@H]2CC[C@@]2(C)[C@H]1CC[C@]2(C)O. The first-order valence-corrected chi connectivity index (χ1v) is 9.22. The molecule has 4 aliphatic carbocycles. The van der Waals surface area contributed by atoms with Crippen molar-refractivity contribution in [2.75, 3.05) is 0 Å². The summed E-state index contributed by atoms with van der Waals surface area (Å²) in [7, 11) is 0. The van der Waals surface area contributed by atoms with Crippen LogP contribution < -0.4 is 0 Å². The number of carbonyl (C=O) groups excluding carboxylic acids is 1. The minimum absolute atomic E-state index is 0.103. The molecule has 2 nitrogen and oxygen atoms in total. The summed E-state index contributed by atoms with van der Waals surface area (Å²) in [5.74, 6) is 3.00. The van der Waals surface area contributed by atoms with Crippen LogP contribution in [0.3, 0.4) is 0 Å². The fraction of sp³-hybridized carbons (Fsp3) is 0.850. The average molecular weight is 302 g/mol. The van der Waals surface area contributed by atoms with E-state index in [9.17, 15) is 9.90 Å². The summed E-state index contributed by atoms with van der Waals surface area (Å²) in [5.41, 5.74) is -0.170. The topological polar surface area (TPSA) is 37.3 Å². The van der Waals surface area contributed by atoms with Crippen molar-refractivity contribution in [3.8, 4) is 0 Å². The highest BCUT2D eigenvalue weighted by Crippen LogP contribution is 2.67. The van der Waals surface area contributed by atoms with Crippen LogP contribution in [0.4, 0.5) is 0 Å². The molecule has 4 rings (SSSR count). The van der Waals surface area contributed by atoms with Gasteiger partial charge in [0.1, 0.15) is 0 Å². The van der Waals surface area contributed by atoms with E-state index in [0.29, 0.717) is 23.5 Å². The van der Waals surface area contributed by atoms with E-state index < -0.39 is 5.60 Å². The van der Waals surface area contributed by atoms with Crippen LogP contribution in [0.25, 0.3) is 0 Å². The number of rotatable bonds is 0. The first-order chi connectivity index (χ1) is 10.3. The van der Waals surface area contributed by atoms with Gasteiger partial charge in [-0.1, -0.05) is 19.9 Å². The summed E-state index contributed by atoms with van der Waals surface area (Å²) in [6.07, 6.45) is 11.9. The number of carbonyl (C=O) groups is 1. The Morgan fingerprint density at radius 3 is 2.55 bits per heavy atom. The van der Waals surface area contributed by atoms with Gasteiger partial charge in [-0.3, -0.25) is 4.79 Å². The average Bonchev–Trinajstić information content (AvgIpc) is 2.70. The minimum Gasteiger partial charge on any atom is -0.390 e. The van der Waals surface area contributed by atoms with Crippen LogP contribution in [-0.4, -0.2) is 16.5 Å². The summed E-state index contributed by atoms with van der Waals surface area (Å²) < 4.78 is 0. The molecule has 7 atom stereocenters. The Bertz CT molecular complexity index is 534. The maximum absolute atomic E-state index is 11.8. The summed E-state index contributed by atoms with van der Waals surface area (Å²) in [6, 6.07) is 0. The fourth-order valence-corrected chi connectivity index (χ4v) is 6.88. The van der Waals surface area contributed by atoms with Gasteiger partial charge in [0.25, 0.3) is 0 Å². The van der Waals surface area contributed by atoms with Gasteiger partial charge in [0.15, 0.2) is 5.78 Å². The highest BCUT2D eigenvalue weighted by atomic mass is 16.3. The monoisotopic (exact) mass is 302 g/mol. The van der Waals surface area contributed by atoms with Crippen molar-refractivity contribution in [1.29, 1.82) is 0 Å². The second-order valence-electron chi connectivity index (χ2n) is 9.29. The molecule has 0 aliphatic heterocycles. The van der Waals surface area contributed by atoms with Crippen molar-refractivity contribution >= 4 is 5.78 Å². The van der Waals surface area contributed by atoms with Crippen LogP contribution >= 0.6 is 0 Å². The van der Waals surface area contributed by atoms with E-state index in [2.05, 4.69) is 26.8 Å². The number of aliphatic hydroxyl groups is 1. The molecule has 0 saturated heterocycles. The predicted molar refractivity (Wildman–Crippen MR) is 87.3 cm³/mol. The largest absolute Gasteiger partial charge is 0.390 e. The number of hydrogen-bond acceptors (Lipinski definition) is 2. The Balaban J connectivity index is 1.69. The van der Waals surface area contributed by atoms with Crippen molar-refractivity contribution in [2.45, 2.75) is 71.3 Å². The first kappa shape index (κ1) is 14.9. The van der Waals surface area contributed by atoms with E-state index in [-0.39, 0.29) is 10.8 Å². The second kappa shape index (κ2) is 4.47. The van der Waals surface area contributed by atoms with E-state index in [0.717, 1.165) is 25.2 Å². The van der Waals surface area contributed by atoms with Gasteiger partial charge < -0.3 is 5.11 Å². The molecule has 1 N–H and O–H groups in total. The first-order valence-electron chi connectivity index (χ1n) is 9.22. The van der Waals surface area contributed by atoms with E-state index in [1.54, 1.807) is 0 Å². The molecule has 122 valence electrons. The van der Waals surface area contributed by atoms with Gasteiger partial charge in [-0.15, -0.1) is 0 Å². The Kier molecular flexibility index (Phi) is 3.03. The third-order valence-electron chi connectivity index (χ3n) is 8.60. The molecule has 0 heterocycles. The molecule has 0 aromatic carbocycles.